The van der Waals surface area contributed by atoms with Crippen LogP contribution in [0.3, 0.4) is 0 Å². The molecule has 0 heterocycles. The van der Waals surface area contributed by atoms with Gasteiger partial charge in [0.1, 0.15) is 18.3 Å². The first kappa shape index (κ1) is 32.2. The van der Waals surface area contributed by atoms with Gasteiger partial charge in [-0.25, -0.2) is 8.42 Å². The molecule has 2 amide bonds. The summed E-state index contributed by atoms with van der Waals surface area (Å²) in [5.74, 6) is -0.384. The van der Waals surface area contributed by atoms with E-state index < -0.39 is 28.5 Å². The summed E-state index contributed by atoms with van der Waals surface area (Å²) in [6.45, 7) is 8.84. The molecular weight excluding hydrogens is 585 g/mol. The predicted molar refractivity (Wildman–Crippen MR) is 163 cm³/mol. The van der Waals surface area contributed by atoms with Crippen LogP contribution >= 0.6 is 23.2 Å². The monoisotopic (exact) mass is 619 g/mol. The summed E-state index contributed by atoms with van der Waals surface area (Å²) in [6.07, 6.45) is 0. The summed E-state index contributed by atoms with van der Waals surface area (Å²) in [5, 5.41) is 3.47. The van der Waals surface area contributed by atoms with Crippen molar-refractivity contribution in [1.82, 2.24) is 10.2 Å². The molecule has 11 heteroatoms. The fourth-order valence-corrected chi connectivity index (χ4v) is 5.80. The molecule has 0 aliphatic carbocycles. The van der Waals surface area contributed by atoms with Crippen LogP contribution < -0.4 is 14.4 Å². The number of carbonyl (C=O) groups is 2. The molecule has 220 valence electrons. The van der Waals surface area contributed by atoms with Gasteiger partial charge >= 0.3 is 0 Å². The Morgan fingerprint density at radius 1 is 0.927 bits per heavy atom. The molecule has 0 aliphatic rings. The zero-order valence-corrected chi connectivity index (χ0v) is 26.1. The molecule has 41 heavy (non-hydrogen) atoms. The van der Waals surface area contributed by atoms with Crippen molar-refractivity contribution in [1.29, 1.82) is 0 Å². The highest BCUT2D eigenvalue weighted by Gasteiger charge is 2.32. The summed E-state index contributed by atoms with van der Waals surface area (Å²) < 4.78 is 34.4. The maximum absolute atomic E-state index is 14.0. The van der Waals surface area contributed by atoms with Gasteiger partial charge in [0, 0.05) is 12.6 Å². The second kappa shape index (κ2) is 14.1. The summed E-state index contributed by atoms with van der Waals surface area (Å²) >= 11 is 12.3. The minimum Gasteiger partial charge on any atom is -0.494 e. The minimum absolute atomic E-state index is 0.00407. The zero-order chi connectivity index (χ0) is 30.3. The third kappa shape index (κ3) is 8.38. The topological polar surface area (TPSA) is 96.0 Å². The normalized spacial score (nSPS) is 12.1. The number of nitrogens with zero attached hydrogens (tertiary/aromatic N) is 2. The third-order valence-electron chi connectivity index (χ3n) is 6.26. The molecule has 0 aromatic heterocycles. The number of amides is 2. The van der Waals surface area contributed by atoms with E-state index in [0.29, 0.717) is 28.0 Å². The lowest BCUT2D eigenvalue weighted by molar-refractivity contribution is -0.139. The van der Waals surface area contributed by atoms with E-state index in [0.717, 1.165) is 9.87 Å². The van der Waals surface area contributed by atoms with E-state index in [-0.39, 0.29) is 29.1 Å². The maximum atomic E-state index is 14.0. The predicted octanol–water partition coefficient (Wildman–Crippen LogP) is 5.84. The third-order valence-corrected chi connectivity index (χ3v) is 8.79. The van der Waals surface area contributed by atoms with Gasteiger partial charge in [-0.3, -0.25) is 13.9 Å². The zero-order valence-electron chi connectivity index (χ0n) is 23.7. The molecule has 3 aromatic carbocycles. The van der Waals surface area contributed by atoms with Gasteiger partial charge in [-0.15, -0.1) is 0 Å². The number of hydrogen-bond acceptors (Lipinski definition) is 5. The van der Waals surface area contributed by atoms with Crippen LogP contribution in [-0.2, 0) is 26.2 Å². The lowest BCUT2D eigenvalue weighted by Gasteiger charge is -2.32. The average molecular weight is 621 g/mol. The summed E-state index contributed by atoms with van der Waals surface area (Å²) in [5.41, 5.74) is 1.80. The van der Waals surface area contributed by atoms with Gasteiger partial charge in [0.25, 0.3) is 10.0 Å². The average Bonchev–Trinajstić information content (AvgIpc) is 2.92. The molecule has 3 aromatic rings. The van der Waals surface area contributed by atoms with Crippen LogP contribution in [-0.4, -0.2) is 50.4 Å². The molecule has 0 saturated carbocycles. The molecule has 8 nitrogen and oxygen atoms in total. The first-order valence-electron chi connectivity index (χ1n) is 13.2. The van der Waals surface area contributed by atoms with E-state index in [9.17, 15) is 18.0 Å². The van der Waals surface area contributed by atoms with Crippen molar-refractivity contribution >= 4 is 50.7 Å². The Morgan fingerprint density at radius 3 is 2.12 bits per heavy atom. The van der Waals surface area contributed by atoms with Crippen LogP contribution in [0.25, 0.3) is 0 Å². The molecule has 0 bridgehead atoms. The number of sulfonamides is 1. The van der Waals surface area contributed by atoms with E-state index >= 15 is 0 Å². The fourth-order valence-electron chi connectivity index (χ4n) is 4.06. The molecular formula is C30H35Cl2N3O5S. The molecule has 0 saturated heterocycles. The van der Waals surface area contributed by atoms with E-state index in [2.05, 4.69) is 5.32 Å². The Kier molecular flexibility index (Phi) is 11.1. The SMILES string of the molecule is CCOc1ccc(N(CC(=O)N(Cc2ccc(Cl)c(Cl)c2)[C@H](C)C(=O)NC(C)C)S(=O)(=O)c2ccc(C)cc2)cc1. The summed E-state index contributed by atoms with van der Waals surface area (Å²) in [4.78, 5) is 28.4. The van der Waals surface area contributed by atoms with Crippen molar-refractivity contribution in [3.8, 4) is 5.75 Å². The van der Waals surface area contributed by atoms with E-state index in [1.54, 1.807) is 61.5 Å². The van der Waals surface area contributed by atoms with Crippen LogP contribution in [0.15, 0.2) is 71.6 Å². The first-order chi connectivity index (χ1) is 19.3. The van der Waals surface area contributed by atoms with E-state index in [4.69, 9.17) is 27.9 Å². The standard InChI is InChI=1S/C30H35Cl2N3O5S/c1-6-40-25-12-10-24(11-13-25)35(41(38,39)26-14-7-21(4)8-15-26)19-29(36)34(22(5)30(37)33-20(2)3)18-23-9-16-27(31)28(32)17-23/h7-17,20,22H,6,18-19H2,1-5H3,(H,33,37)/t22-/m1/s1. The first-order valence-corrected chi connectivity index (χ1v) is 15.4. The van der Waals surface area contributed by atoms with Gasteiger partial charge in [-0.1, -0.05) is 47.0 Å². The number of halogens is 2. The smallest absolute Gasteiger partial charge is 0.264 e. The highest BCUT2D eigenvalue weighted by Crippen LogP contribution is 2.28. The number of ether oxygens (including phenoxy) is 1. The number of benzene rings is 3. The quantitative estimate of drug-likeness (QED) is 0.275. The van der Waals surface area contributed by atoms with Crippen molar-refractivity contribution in [2.75, 3.05) is 17.5 Å². The number of aryl methyl sites for hydroxylation is 1. The Balaban J connectivity index is 2.04. The second-order valence-electron chi connectivity index (χ2n) is 9.86. The molecule has 0 fully saturated rings. The fraction of sp³-hybridized carbons (Fsp3) is 0.333. The number of anilines is 1. The Bertz CT molecular complexity index is 1460. The number of nitrogens with one attached hydrogen (secondary N) is 1. The largest absolute Gasteiger partial charge is 0.494 e. The Morgan fingerprint density at radius 2 is 1.56 bits per heavy atom. The molecule has 0 spiro atoms. The van der Waals surface area contributed by atoms with Crippen molar-refractivity contribution in [3.05, 3.63) is 87.9 Å². The summed E-state index contributed by atoms with van der Waals surface area (Å²) in [6, 6.07) is 16.7. The number of carbonyl (C=O) groups excluding carboxylic acids is 2. The molecule has 3 rings (SSSR count). The molecule has 0 unspecified atom stereocenters. The van der Waals surface area contributed by atoms with Gasteiger partial charge < -0.3 is 15.0 Å². The van der Waals surface area contributed by atoms with E-state index in [1.165, 1.54) is 17.0 Å². The van der Waals surface area contributed by atoms with Gasteiger partial charge in [-0.2, -0.15) is 0 Å². The Hall–Kier alpha value is -3.27. The van der Waals surface area contributed by atoms with Gasteiger partial charge in [0.05, 0.1) is 27.2 Å². The van der Waals surface area contributed by atoms with Crippen molar-refractivity contribution in [2.45, 2.75) is 58.1 Å². The van der Waals surface area contributed by atoms with Crippen LogP contribution in [0.4, 0.5) is 5.69 Å². The molecule has 0 aliphatic heterocycles. The van der Waals surface area contributed by atoms with Crippen LogP contribution in [0.5, 0.6) is 5.75 Å². The summed E-state index contributed by atoms with van der Waals surface area (Å²) in [7, 11) is -4.17. The van der Waals surface area contributed by atoms with Crippen LogP contribution in [0, 0.1) is 6.92 Å². The van der Waals surface area contributed by atoms with Crippen LogP contribution in [0.1, 0.15) is 38.8 Å². The Labute approximate surface area is 252 Å². The van der Waals surface area contributed by atoms with Crippen molar-refractivity contribution < 1.29 is 22.7 Å². The van der Waals surface area contributed by atoms with E-state index in [1.807, 2.05) is 27.7 Å². The second-order valence-corrected chi connectivity index (χ2v) is 12.5. The molecule has 1 atom stereocenters. The van der Waals surface area contributed by atoms with Gasteiger partial charge in [0.15, 0.2) is 0 Å². The molecule has 1 N–H and O–H groups in total. The lowest BCUT2D eigenvalue weighted by Crippen LogP contribution is -2.52. The highest BCUT2D eigenvalue weighted by atomic mass is 35.5. The van der Waals surface area contributed by atoms with Crippen molar-refractivity contribution in [2.24, 2.45) is 0 Å². The maximum Gasteiger partial charge on any atom is 0.264 e. The van der Waals surface area contributed by atoms with Crippen LogP contribution in [0.2, 0.25) is 10.0 Å². The number of hydrogen-bond donors (Lipinski definition) is 1. The highest BCUT2D eigenvalue weighted by molar-refractivity contribution is 7.92. The molecule has 0 radical (unpaired) electrons. The number of rotatable bonds is 12. The van der Waals surface area contributed by atoms with Gasteiger partial charge in [0.2, 0.25) is 11.8 Å². The van der Waals surface area contributed by atoms with Gasteiger partial charge in [-0.05, 0) is 88.7 Å². The minimum atomic E-state index is -4.17. The lowest BCUT2D eigenvalue weighted by atomic mass is 10.1. The van der Waals surface area contributed by atoms with Crippen molar-refractivity contribution in [3.63, 3.8) is 0 Å².